The minimum absolute atomic E-state index is 0.0181. The van der Waals surface area contributed by atoms with E-state index in [1.165, 1.54) is 12.8 Å². The Kier molecular flexibility index (Phi) is 3.67. The van der Waals surface area contributed by atoms with Crippen LogP contribution in [0.25, 0.3) is 0 Å². The van der Waals surface area contributed by atoms with Gasteiger partial charge < -0.3 is 11.1 Å². The van der Waals surface area contributed by atoms with Crippen LogP contribution in [0.15, 0.2) is 24.3 Å². The highest BCUT2D eigenvalue weighted by Crippen LogP contribution is 2.23. The summed E-state index contributed by atoms with van der Waals surface area (Å²) in [6, 6.07) is 7.42. The van der Waals surface area contributed by atoms with Gasteiger partial charge in [0.15, 0.2) is 0 Å². The van der Waals surface area contributed by atoms with Gasteiger partial charge in [-0.2, -0.15) is 0 Å². The van der Waals surface area contributed by atoms with Gasteiger partial charge in [-0.05, 0) is 55.9 Å². The zero-order valence-corrected chi connectivity index (χ0v) is 10.3. The van der Waals surface area contributed by atoms with Gasteiger partial charge in [-0.3, -0.25) is 4.79 Å². The molecule has 1 aromatic rings. The van der Waals surface area contributed by atoms with Crippen molar-refractivity contribution in [3.05, 3.63) is 29.8 Å². The molecular weight excluding hydrogens is 212 g/mol. The van der Waals surface area contributed by atoms with Crippen molar-refractivity contribution >= 4 is 11.6 Å². The number of hydrogen-bond acceptors (Lipinski definition) is 2. The molecule has 3 N–H and O–H groups in total. The quantitative estimate of drug-likeness (QED) is 0.770. The molecule has 2 rings (SSSR count). The van der Waals surface area contributed by atoms with Crippen LogP contribution < -0.4 is 11.1 Å². The SMILES string of the molecule is CC1CCC(NC(=O)c2ccc(N)cc2)CC1. The Morgan fingerprint density at radius 1 is 1.18 bits per heavy atom. The Labute approximate surface area is 102 Å². The predicted octanol–water partition coefficient (Wildman–Crippen LogP) is 2.58. The molecule has 0 spiro atoms. The van der Waals surface area contributed by atoms with Gasteiger partial charge in [-0.15, -0.1) is 0 Å². The van der Waals surface area contributed by atoms with Gasteiger partial charge in [0.2, 0.25) is 0 Å². The van der Waals surface area contributed by atoms with Crippen LogP contribution in [0.4, 0.5) is 5.69 Å². The van der Waals surface area contributed by atoms with E-state index in [1.54, 1.807) is 24.3 Å². The minimum Gasteiger partial charge on any atom is -0.399 e. The van der Waals surface area contributed by atoms with E-state index in [4.69, 9.17) is 5.73 Å². The molecule has 1 aliphatic carbocycles. The molecule has 1 aliphatic rings. The van der Waals surface area contributed by atoms with E-state index < -0.39 is 0 Å². The maximum absolute atomic E-state index is 12.0. The second kappa shape index (κ2) is 5.21. The summed E-state index contributed by atoms with van der Waals surface area (Å²) in [4.78, 5) is 12.0. The summed E-state index contributed by atoms with van der Waals surface area (Å²) in [5.41, 5.74) is 6.98. The lowest BCUT2D eigenvalue weighted by molar-refractivity contribution is 0.0923. The first-order chi connectivity index (χ1) is 8.15. The van der Waals surface area contributed by atoms with Crippen molar-refractivity contribution < 1.29 is 4.79 Å². The molecule has 0 aliphatic heterocycles. The van der Waals surface area contributed by atoms with E-state index in [2.05, 4.69) is 12.2 Å². The summed E-state index contributed by atoms with van der Waals surface area (Å²) in [6.45, 7) is 2.28. The molecule has 0 bridgehead atoms. The Morgan fingerprint density at radius 3 is 2.35 bits per heavy atom. The minimum atomic E-state index is 0.0181. The fraction of sp³-hybridized carbons (Fsp3) is 0.500. The van der Waals surface area contributed by atoms with Gasteiger partial charge >= 0.3 is 0 Å². The van der Waals surface area contributed by atoms with Crippen LogP contribution in [0.5, 0.6) is 0 Å². The van der Waals surface area contributed by atoms with Gasteiger partial charge in [-0.25, -0.2) is 0 Å². The third-order valence-corrected chi connectivity index (χ3v) is 3.52. The van der Waals surface area contributed by atoms with E-state index in [0.717, 1.165) is 18.8 Å². The third-order valence-electron chi connectivity index (χ3n) is 3.52. The Morgan fingerprint density at radius 2 is 1.76 bits per heavy atom. The fourth-order valence-corrected chi connectivity index (χ4v) is 2.31. The number of anilines is 1. The maximum Gasteiger partial charge on any atom is 0.251 e. The van der Waals surface area contributed by atoms with Crippen LogP contribution in [0.2, 0.25) is 0 Å². The van der Waals surface area contributed by atoms with Crippen molar-refractivity contribution in [2.45, 2.75) is 38.6 Å². The zero-order valence-electron chi connectivity index (χ0n) is 10.3. The van der Waals surface area contributed by atoms with Crippen molar-refractivity contribution in [3.8, 4) is 0 Å². The highest BCUT2D eigenvalue weighted by Gasteiger charge is 2.20. The lowest BCUT2D eigenvalue weighted by atomic mass is 9.87. The predicted molar refractivity (Wildman–Crippen MR) is 69.7 cm³/mol. The summed E-state index contributed by atoms with van der Waals surface area (Å²) >= 11 is 0. The van der Waals surface area contributed by atoms with Crippen LogP contribution in [-0.4, -0.2) is 11.9 Å². The summed E-state index contributed by atoms with van der Waals surface area (Å²) < 4.78 is 0. The molecule has 3 heteroatoms. The number of nitrogen functional groups attached to an aromatic ring is 1. The Hall–Kier alpha value is -1.51. The number of carbonyl (C=O) groups is 1. The largest absolute Gasteiger partial charge is 0.399 e. The molecule has 1 saturated carbocycles. The monoisotopic (exact) mass is 232 g/mol. The summed E-state index contributed by atoms with van der Waals surface area (Å²) in [7, 11) is 0. The molecular formula is C14H20N2O. The van der Waals surface area contributed by atoms with Gasteiger partial charge in [0.1, 0.15) is 0 Å². The number of rotatable bonds is 2. The van der Waals surface area contributed by atoms with E-state index in [0.29, 0.717) is 17.3 Å². The first kappa shape index (κ1) is 12.0. The molecule has 0 aromatic heterocycles. The van der Waals surface area contributed by atoms with Gasteiger partial charge in [0, 0.05) is 17.3 Å². The Bertz CT molecular complexity index is 378. The number of amides is 1. The molecule has 0 heterocycles. The van der Waals surface area contributed by atoms with Crippen LogP contribution in [-0.2, 0) is 0 Å². The van der Waals surface area contributed by atoms with Crippen LogP contribution >= 0.6 is 0 Å². The van der Waals surface area contributed by atoms with E-state index in [1.807, 2.05) is 0 Å². The van der Waals surface area contributed by atoms with E-state index in [9.17, 15) is 4.79 Å². The third kappa shape index (κ3) is 3.22. The van der Waals surface area contributed by atoms with E-state index >= 15 is 0 Å². The number of nitrogens with one attached hydrogen (secondary N) is 1. The molecule has 0 saturated heterocycles. The molecule has 1 amide bonds. The molecule has 0 atom stereocenters. The first-order valence-electron chi connectivity index (χ1n) is 6.31. The summed E-state index contributed by atoms with van der Waals surface area (Å²) in [5, 5.41) is 3.10. The van der Waals surface area contributed by atoms with Crippen molar-refractivity contribution in [2.24, 2.45) is 5.92 Å². The van der Waals surface area contributed by atoms with Crippen LogP contribution in [0.3, 0.4) is 0 Å². The second-order valence-corrected chi connectivity index (χ2v) is 5.05. The lowest BCUT2D eigenvalue weighted by Crippen LogP contribution is -2.37. The number of nitrogens with two attached hydrogens (primary N) is 1. The standard InChI is InChI=1S/C14H20N2O/c1-10-2-8-13(9-3-10)16-14(17)11-4-6-12(15)7-5-11/h4-7,10,13H,2-3,8-9,15H2,1H3,(H,16,17). The molecule has 92 valence electrons. The Balaban J connectivity index is 1.91. The summed E-state index contributed by atoms with van der Waals surface area (Å²) in [6.07, 6.45) is 4.63. The normalized spacial score (nSPS) is 24.3. The van der Waals surface area contributed by atoms with Crippen molar-refractivity contribution in [1.29, 1.82) is 0 Å². The molecule has 0 radical (unpaired) electrons. The average molecular weight is 232 g/mol. The highest BCUT2D eigenvalue weighted by molar-refractivity contribution is 5.94. The molecule has 17 heavy (non-hydrogen) atoms. The molecule has 0 unspecified atom stereocenters. The maximum atomic E-state index is 12.0. The van der Waals surface area contributed by atoms with Crippen LogP contribution in [0, 0.1) is 5.92 Å². The lowest BCUT2D eigenvalue weighted by Gasteiger charge is -2.26. The number of carbonyl (C=O) groups excluding carboxylic acids is 1. The fourth-order valence-electron chi connectivity index (χ4n) is 2.31. The highest BCUT2D eigenvalue weighted by atomic mass is 16.1. The molecule has 3 nitrogen and oxygen atoms in total. The molecule has 1 fully saturated rings. The first-order valence-corrected chi connectivity index (χ1v) is 6.31. The topological polar surface area (TPSA) is 55.1 Å². The zero-order chi connectivity index (χ0) is 12.3. The number of hydrogen-bond donors (Lipinski definition) is 2. The van der Waals surface area contributed by atoms with Crippen molar-refractivity contribution in [3.63, 3.8) is 0 Å². The average Bonchev–Trinajstić information content (AvgIpc) is 2.33. The molecule has 1 aromatic carbocycles. The second-order valence-electron chi connectivity index (χ2n) is 5.05. The smallest absolute Gasteiger partial charge is 0.251 e. The van der Waals surface area contributed by atoms with Gasteiger partial charge in [0.05, 0.1) is 0 Å². The van der Waals surface area contributed by atoms with Gasteiger partial charge in [0.25, 0.3) is 5.91 Å². The van der Waals surface area contributed by atoms with Crippen LogP contribution in [0.1, 0.15) is 43.0 Å². The van der Waals surface area contributed by atoms with Crippen molar-refractivity contribution in [2.75, 3.05) is 5.73 Å². The summed E-state index contributed by atoms with van der Waals surface area (Å²) in [5.74, 6) is 0.823. The van der Waals surface area contributed by atoms with Gasteiger partial charge in [-0.1, -0.05) is 6.92 Å². The number of benzene rings is 1. The van der Waals surface area contributed by atoms with E-state index in [-0.39, 0.29) is 5.91 Å². The van der Waals surface area contributed by atoms with Crippen molar-refractivity contribution in [1.82, 2.24) is 5.32 Å².